The van der Waals surface area contributed by atoms with Gasteiger partial charge < -0.3 is 24.5 Å². The molecule has 0 aromatic heterocycles. The maximum atomic E-state index is 14.0. The van der Waals surface area contributed by atoms with Crippen molar-refractivity contribution in [3.8, 4) is 0 Å². The van der Waals surface area contributed by atoms with Crippen molar-refractivity contribution in [3.05, 3.63) is 65.7 Å². The van der Waals surface area contributed by atoms with Crippen LogP contribution in [-0.2, 0) is 14.4 Å². The van der Waals surface area contributed by atoms with Crippen LogP contribution in [0.2, 0.25) is 0 Å². The van der Waals surface area contributed by atoms with Crippen LogP contribution >= 0.6 is 0 Å². The third kappa shape index (κ3) is 4.85. The summed E-state index contributed by atoms with van der Waals surface area (Å²) in [5, 5.41) is 0. The Morgan fingerprint density at radius 2 is 1.39 bits per heavy atom. The molecule has 5 rings (SSSR count). The third-order valence-corrected chi connectivity index (χ3v) is 8.16. The summed E-state index contributed by atoms with van der Waals surface area (Å²) in [6.45, 7) is 6.79. The molecule has 3 aliphatic rings. The summed E-state index contributed by atoms with van der Waals surface area (Å²) in [6.07, 6.45) is 1.00. The number of rotatable bonds is 4. The van der Waals surface area contributed by atoms with Crippen molar-refractivity contribution < 1.29 is 19.2 Å². The zero-order valence-electron chi connectivity index (χ0n) is 22.1. The van der Waals surface area contributed by atoms with Crippen LogP contribution in [0.4, 0.5) is 5.69 Å². The second-order valence-electron chi connectivity index (χ2n) is 10.5. The molecule has 0 saturated carbocycles. The van der Waals surface area contributed by atoms with Crippen molar-refractivity contribution in [2.75, 3.05) is 57.4 Å². The van der Waals surface area contributed by atoms with Crippen molar-refractivity contribution in [3.63, 3.8) is 0 Å². The van der Waals surface area contributed by atoms with Gasteiger partial charge in [-0.25, -0.2) is 0 Å². The summed E-state index contributed by atoms with van der Waals surface area (Å²) < 4.78 is 0. The molecule has 3 heterocycles. The number of nitrogens with zero attached hydrogens (tertiary/aromatic N) is 5. The Hall–Kier alpha value is -3.88. The number of carbonyl (C=O) groups is 4. The zero-order chi connectivity index (χ0) is 26.9. The number of amides is 4. The van der Waals surface area contributed by atoms with Crippen molar-refractivity contribution in [1.82, 2.24) is 19.6 Å². The van der Waals surface area contributed by atoms with Gasteiger partial charge in [-0.2, -0.15) is 0 Å². The molecule has 1 spiro atoms. The van der Waals surface area contributed by atoms with E-state index < -0.39 is 5.54 Å². The molecule has 0 atom stereocenters. The average Bonchev–Trinajstić information content (AvgIpc) is 3.20. The summed E-state index contributed by atoms with van der Waals surface area (Å²) in [5.41, 5.74) is 1.90. The molecule has 0 bridgehead atoms. The van der Waals surface area contributed by atoms with Crippen LogP contribution in [0.5, 0.6) is 0 Å². The molecular formula is C29H35N5O4. The van der Waals surface area contributed by atoms with E-state index in [9.17, 15) is 19.2 Å². The van der Waals surface area contributed by atoms with E-state index in [-0.39, 0.29) is 30.2 Å². The summed E-state index contributed by atoms with van der Waals surface area (Å²) >= 11 is 0. The Morgan fingerprint density at radius 3 is 2.00 bits per heavy atom. The summed E-state index contributed by atoms with van der Waals surface area (Å²) in [6, 6.07) is 17.4. The lowest BCUT2D eigenvalue weighted by Gasteiger charge is -2.43. The number of benzene rings is 2. The molecule has 0 aliphatic carbocycles. The molecule has 0 unspecified atom stereocenters. The molecule has 0 N–H and O–H groups in total. The molecule has 4 amide bonds. The highest BCUT2D eigenvalue weighted by atomic mass is 16.2. The number of carbonyl (C=O) groups excluding carboxylic acids is 4. The predicted octanol–water partition coefficient (Wildman–Crippen LogP) is 1.97. The minimum absolute atomic E-state index is 0.00992. The number of para-hydroxylation sites is 1. The Labute approximate surface area is 223 Å². The van der Waals surface area contributed by atoms with Gasteiger partial charge in [0.05, 0.1) is 6.67 Å². The van der Waals surface area contributed by atoms with Crippen LogP contribution in [0.3, 0.4) is 0 Å². The predicted molar refractivity (Wildman–Crippen MR) is 143 cm³/mol. The number of piperidine rings is 1. The molecule has 3 saturated heterocycles. The fourth-order valence-electron chi connectivity index (χ4n) is 5.81. The Morgan fingerprint density at radius 1 is 0.789 bits per heavy atom. The molecule has 2 aromatic carbocycles. The number of likely N-dealkylation sites (tertiary alicyclic amines) is 1. The fourth-order valence-corrected chi connectivity index (χ4v) is 5.81. The molecule has 9 nitrogen and oxygen atoms in total. The summed E-state index contributed by atoms with van der Waals surface area (Å²) in [4.78, 5) is 61.0. The SMILES string of the molecule is CC(=O)N1CCN(C(=O)CN2CN(c3ccccc3)C3(CCN(C(=O)c4ccc(C)cc4)CC3)C2=O)CC1. The lowest BCUT2D eigenvalue weighted by Crippen LogP contribution is -2.57. The van der Waals surface area contributed by atoms with Gasteiger partial charge in [0, 0.05) is 57.4 Å². The van der Waals surface area contributed by atoms with Crippen LogP contribution in [0.15, 0.2) is 54.6 Å². The second-order valence-corrected chi connectivity index (χ2v) is 10.5. The third-order valence-electron chi connectivity index (χ3n) is 8.16. The number of hydrogen-bond donors (Lipinski definition) is 0. The molecule has 200 valence electrons. The van der Waals surface area contributed by atoms with Gasteiger partial charge in [-0.3, -0.25) is 19.2 Å². The van der Waals surface area contributed by atoms with Crippen molar-refractivity contribution in [2.45, 2.75) is 32.2 Å². The Bertz CT molecular complexity index is 1200. The molecule has 38 heavy (non-hydrogen) atoms. The van der Waals surface area contributed by atoms with Crippen LogP contribution < -0.4 is 4.90 Å². The number of piperazine rings is 1. The maximum Gasteiger partial charge on any atom is 0.253 e. The van der Waals surface area contributed by atoms with Crippen LogP contribution in [-0.4, -0.2) is 101 Å². The first kappa shape index (κ1) is 25.8. The lowest BCUT2D eigenvalue weighted by molar-refractivity contribution is -0.143. The van der Waals surface area contributed by atoms with E-state index in [2.05, 4.69) is 4.90 Å². The second kappa shape index (κ2) is 10.5. The number of anilines is 1. The van der Waals surface area contributed by atoms with E-state index in [1.807, 2.05) is 66.4 Å². The molecule has 3 fully saturated rings. The molecular weight excluding hydrogens is 482 g/mol. The van der Waals surface area contributed by atoms with E-state index in [4.69, 9.17) is 0 Å². The van der Waals surface area contributed by atoms with Gasteiger partial charge in [0.15, 0.2) is 0 Å². The first-order valence-electron chi connectivity index (χ1n) is 13.3. The first-order chi connectivity index (χ1) is 18.3. The molecule has 3 aliphatic heterocycles. The quantitative estimate of drug-likeness (QED) is 0.619. The summed E-state index contributed by atoms with van der Waals surface area (Å²) in [5.74, 6) is -0.161. The lowest BCUT2D eigenvalue weighted by atomic mass is 9.85. The van der Waals surface area contributed by atoms with Gasteiger partial charge in [-0.05, 0) is 44.0 Å². The molecule has 9 heteroatoms. The molecule has 2 aromatic rings. The zero-order valence-corrected chi connectivity index (χ0v) is 22.1. The monoisotopic (exact) mass is 517 g/mol. The van der Waals surface area contributed by atoms with Crippen LogP contribution in [0.1, 0.15) is 35.7 Å². The van der Waals surface area contributed by atoms with Crippen molar-refractivity contribution in [1.29, 1.82) is 0 Å². The topological polar surface area (TPSA) is 84.5 Å². The van der Waals surface area contributed by atoms with Gasteiger partial charge in [-0.1, -0.05) is 35.9 Å². The highest BCUT2D eigenvalue weighted by Gasteiger charge is 2.54. The Balaban J connectivity index is 1.31. The fraction of sp³-hybridized carbons (Fsp3) is 0.448. The smallest absolute Gasteiger partial charge is 0.253 e. The molecule has 0 radical (unpaired) electrons. The van der Waals surface area contributed by atoms with Gasteiger partial charge in [0.1, 0.15) is 12.1 Å². The Kier molecular flexibility index (Phi) is 7.10. The van der Waals surface area contributed by atoms with E-state index in [0.717, 1.165) is 11.3 Å². The van der Waals surface area contributed by atoms with Crippen molar-refractivity contribution >= 4 is 29.3 Å². The minimum Gasteiger partial charge on any atom is -0.339 e. The summed E-state index contributed by atoms with van der Waals surface area (Å²) in [7, 11) is 0. The largest absolute Gasteiger partial charge is 0.339 e. The highest BCUT2D eigenvalue weighted by molar-refractivity contribution is 5.97. The first-order valence-corrected chi connectivity index (χ1v) is 13.3. The van der Waals surface area contributed by atoms with Gasteiger partial charge in [0.2, 0.25) is 11.8 Å². The van der Waals surface area contributed by atoms with Crippen molar-refractivity contribution in [2.24, 2.45) is 0 Å². The van der Waals surface area contributed by atoms with E-state index in [1.54, 1.807) is 14.7 Å². The van der Waals surface area contributed by atoms with Crippen LogP contribution in [0.25, 0.3) is 0 Å². The van der Waals surface area contributed by atoms with Gasteiger partial charge >= 0.3 is 0 Å². The van der Waals surface area contributed by atoms with Crippen LogP contribution in [0, 0.1) is 6.92 Å². The highest BCUT2D eigenvalue weighted by Crippen LogP contribution is 2.39. The maximum absolute atomic E-state index is 14.0. The van der Waals surface area contributed by atoms with E-state index in [1.165, 1.54) is 6.92 Å². The standard InChI is InChI=1S/C29H35N5O4/c1-22-8-10-24(11-9-22)27(37)32-14-12-29(13-15-32)28(38)33(21-34(29)25-6-4-3-5-7-25)20-26(36)31-18-16-30(17-19-31)23(2)35/h3-11H,12-21H2,1-2H3. The number of hydrogen-bond acceptors (Lipinski definition) is 5. The normalized spacial score (nSPS) is 19.3. The van der Waals surface area contributed by atoms with E-state index in [0.29, 0.717) is 64.3 Å². The van der Waals surface area contributed by atoms with Gasteiger partial charge in [0.25, 0.3) is 11.8 Å². The van der Waals surface area contributed by atoms with E-state index >= 15 is 0 Å². The average molecular weight is 518 g/mol. The minimum atomic E-state index is -0.793. The van der Waals surface area contributed by atoms with Gasteiger partial charge in [-0.15, -0.1) is 0 Å². The number of aryl methyl sites for hydroxylation is 1.